The summed E-state index contributed by atoms with van der Waals surface area (Å²) in [5.41, 5.74) is 0. The Morgan fingerprint density at radius 2 is 1.92 bits per heavy atom. The van der Waals surface area contributed by atoms with Crippen molar-refractivity contribution >= 4 is 11.9 Å². The number of nitrogens with zero attached hydrogens (tertiary/aromatic N) is 3. The lowest BCUT2D eigenvalue weighted by Crippen LogP contribution is -2.46. The van der Waals surface area contributed by atoms with E-state index in [1.54, 1.807) is 0 Å². The van der Waals surface area contributed by atoms with Crippen LogP contribution in [0.4, 0.5) is 0 Å². The van der Waals surface area contributed by atoms with Gasteiger partial charge in [0.15, 0.2) is 5.96 Å². The number of rotatable bonds is 7. The Labute approximate surface area is 153 Å². The van der Waals surface area contributed by atoms with Crippen LogP contribution in [0.25, 0.3) is 0 Å². The average molecular weight is 352 g/mol. The molecule has 2 aliphatic rings. The van der Waals surface area contributed by atoms with Crippen LogP contribution in [0.2, 0.25) is 0 Å². The lowest BCUT2D eigenvalue weighted by molar-refractivity contribution is -0.133. The second-order valence-corrected chi connectivity index (χ2v) is 7.59. The summed E-state index contributed by atoms with van der Waals surface area (Å²) < 4.78 is 0. The minimum atomic E-state index is 0.0754. The van der Waals surface area contributed by atoms with Crippen molar-refractivity contribution in [3.63, 3.8) is 0 Å². The molecule has 0 aromatic rings. The number of carbonyl (C=O) groups is 1. The van der Waals surface area contributed by atoms with Crippen molar-refractivity contribution in [3.8, 4) is 0 Å². The Morgan fingerprint density at radius 1 is 1.20 bits per heavy atom. The first kappa shape index (κ1) is 20.0. The fourth-order valence-corrected chi connectivity index (χ4v) is 3.76. The number of amides is 1. The molecule has 0 saturated carbocycles. The van der Waals surface area contributed by atoms with Crippen LogP contribution >= 0.6 is 0 Å². The molecule has 0 aromatic carbocycles. The second kappa shape index (κ2) is 10.00. The van der Waals surface area contributed by atoms with Crippen LogP contribution in [0.1, 0.15) is 53.4 Å². The maximum absolute atomic E-state index is 12.1. The standard InChI is InChI=1S/C19H37N5O/c1-5-17(23-10-7-8-11-23)13-21-19(20-6-2)22-16-9-12-24(14-16)18(25)15(3)4/h15-17H,5-14H2,1-4H3,(H2,20,21,22). The Bertz CT molecular complexity index is 445. The van der Waals surface area contributed by atoms with Gasteiger partial charge in [-0.2, -0.15) is 0 Å². The monoisotopic (exact) mass is 351 g/mol. The van der Waals surface area contributed by atoms with Gasteiger partial charge >= 0.3 is 0 Å². The van der Waals surface area contributed by atoms with Crippen LogP contribution < -0.4 is 10.6 Å². The summed E-state index contributed by atoms with van der Waals surface area (Å²) in [6, 6.07) is 0.841. The van der Waals surface area contributed by atoms with Crippen molar-refractivity contribution in [2.24, 2.45) is 10.9 Å². The van der Waals surface area contributed by atoms with Crippen molar-refractivity contribution in [2.45, 2.75) is 65.5 Å². The zero-order valence-corrected chi connectivity index (χ0v) is 16.6. The summed E-state index contributed by atoms with van der Waals surface area (Å²) in [4.78, 5) is 21.5. The zero-order chi connectivity index (χ0) is 18.2. The fraction of sp³-hybridized carbons (Fsp3) is 0.895. The van der Waals surface area contributed by atoms with E-state index in [-0.39, 0.29) is 11.8 Å². The number of carbonyl (C=O) groups excluding carboxylic acids is 1. The van der Waals surface area contributed by atoms with Gasteiger partial charge < -0.3 is 15.5 Å². The van der Waals surface area contributed by atoms with E-state index in [9.17, 15) is 4.79 Å². The maximum atomic E-state index is 12.1. The van der Waals surface area contributed by atoms with Crippen LogP contribution in [-0.2, 0) is 4.79 Å². The molecule has 2 aliphatic heterocycles. The van der Waals surface area contributed by atoms with Crippen molar-refractivity contribution < 1.29 is 4.79 Å². The number of likely N-dealkylation sites (tertiary alicyclic amines) is 2. The summed E-state index contributed by atoms with van der Waals surface area (Å²) in [6.45, 7) is 14.0. The second-order valence-electron chi connectivity index (χ2n) is 7.59. The number of aliphatic imine (C=N–C) groups is 1. The molecule has 0 radical (unpaired) electrons. The highest BCUT2D eigenvalue weighted by Crippen LogP contribution is 2.15. The first-order valence-electron chi connectivity index (χ1n) is 10.1. The van der Waals surface area contributed by atoms with E-state index >= 15 is 0 Å². The number of hydrogen-bond donors (Lipinski definition) is 2. The molecule has 2 N–H and O–H groups in total. The minimum Gasteiger partial charge on any atom is -0.357 e. The van der Waals surface area contributed by atoms with Crippen molar-refractivity contribution in [2.75, 3.05) is 39.3 Å². The smallest absolute Gasteiger partial charge is 0.225 e. The third-order valence-corrected chi connectivity index (χ3v) is 5.27. The average Bonchev–Trinajstić information content (AvgIpc) is 3.26. The van der Waals surface area contributed by atoms with E-state index in [1.165, 1.54) is 25.9 Å². The lowest BCUT2D eigenvalue weighted by Gasteiger charge is -2.25. The molecule has 2 fully saturated rings. The summed E-state index contributed by atoms with van der Waals surface area (Å²) >= 11 is 0. The molecule has 2 saturated heterocycles. The molecule has 2 rings (SSSR count). The molecule has 2 unspecified atom stereocenters. The SMILES string of the molecule is CCNC(=NCC(CC)N1CCCC1)NC1CCN(C(=O)C(C)C)C1. The Morgan fingerprint density at radius 3 is 2.52 bits per heavy atom. The van der Waals surface area contributed by atoms with Crippen LogP contribution in [0.5, 0.6) is 0 Å². The van der Waals surface area contributed by atoms with E-state index in [4.69, 9.17) is 4.99 Å². The van der Waals surface area contributed by atoms with Crippen molar-refractivity contribution in [1.82, 2.24) is 20.4 Å². The third kappa shape index (κ3) is 5.87. The predicted octanol–water partition coefficient (Wildman–Crippen LogP) is 1.67. The van der Waals surface area contributed by atoms with Gasteiger partial charge in [0.05, 0.1) is 6.54 Å². The normalized spacial score (nSPS) is 23.3. The largest absolute Gasteiger partial charge is 0.357 e. The summed E-state index contributed by atoms with van der Waals surface area (Å²) in [5, 5.41) is 6.90. The molecule has 0 aromatic heterocycles. The van der Waals surface area contributed by atoms with Crippen LogP contribution in [0, 0.1) is 5.92 Å². The maximum Gasteiger partial charge on any atom is 0.225 e. The van der Waals surface area contributed by atoms with E-state index in [1.807, 2.05) is 18.7 Å². The molecule has 25 heavy (non-hydrogen) atoms. The topological polar surface area (TPSA) is 60.0 Å². The first-order valence-corrected chi connectivity index (χ1v) is 10.1. The zero-order valence-electron chi connectivity index (χ0n) is 16.6. The van der Waals surface area contributed by atoms with Crippen LogP contribution in [0.3, 0.4) is 0 Å². The highest BCUT2D eigenvalue weighted by atomic mass is 16.2. The van der Waals surface area contributed by atoms with Gasteiger partial charge in [0, 0.05) is 37.6 Å². The van der Waals surface area contributed by atoms with Gasteiger partial charge in [-0.15, -0.1) is 0 Å². The molecule has 2 atom stereocenters. The van der Waals surface area contributed by atoms with E-state index in [2.05, 4.69) is 29.4 Å². The molecule has 0 bridgehead atoms. The van der Waals surface area contributed by atoms with Gasteiger partial charge in [-0.05, 0) is 45.7 Å². The Balaban J connectivity index is 1.88. The highest BCUT2D eigenvalue weighted by molar-refractivity contribution is 5.81. The number of hydrogen-bond acceptors (Lipinski definition) is 3. The van der Waals surface area contributed by atoms with E-state index in [0.717, 1.165) is 45.0 Å². The summed E-state index contributed by atoms with van der Waals surface area (Å²) in [5.74, 6) is 1.22. The molecular weight excluding hydrogens is 314 g/mol. The predicted molar refractivity (Wildman–Crippen MR) is 104 cm³/mol. The van der Waals surface area contributed by atoms with Gasteiger partial charge in [-0.3, -0.25) is 14.7 Å². The molecule has 144 valence electrons. The lowest BCUT2D eigenvalue weighted by atomic mass is 10.2. The van der Waals surface area contributed by atoms with Gasteiger partial charge in [0.2, 0.25) is 5.91 Å². The van der Waals surface area contributed by atoms with E-state index < -0.39 is 0 Å². The van der Waals surface area contributed by atoms with Crippen LogP contribution in [-0.4, -0.2) is 73.0 Å². The van der Waals surface area contributed by atoms with Gasteiger partial charge in [0.1, 0.15) is 0 Å². The molecule has 0 spiro atoms. The first-order chi connectivity index (χ1) is 12.0. The Kier molecular flexibility index (Phi) is 8.00. The third-order valence-electron chi connectivity index (χ3n) is 5.27. The number of guanidine groups is 1. The quantitative estimate of drug-likeness (QED) is 0.541. The van der Waals surface area contributed by atoms with Crippen molar-refractivity contribution in [1.29, 1.82) is 0 Å². The minimum absolute atomic E-state index is 0.0754. The van der Waals surface area contributed by atoms with E-state index in [0.29, 0.717) is 12.1 Å². The van der Waals surface area contributed by atoms with Gasteiger partial charge in [0.25, 0.3) is 0 Å². The molecule has 0 aliphatic carbocycles. The molecule has 2 heterocycles. The Hall–Kier alpha value is -1.30. The number of nitrogens with one attached hydrogen (secondary N) is 2. The van der Waals surface area contributed by atoms with Crippen LogP contribution in [0.15, 0.2) is 4.99 Å². The van der Waals surface area contributed by atoms with Crippen molar-refractivity contribution in [3.05, 3.63) is 0 Å². The van der Waals surface area contributed by atoms with Gasteiger partial charge in [-0.1, -0.05) is 20.8 Å². The molecule has 6 heteroatoms. The highest BCUT2D eigenvalue weighted by Gasteiger charge is 2.28. The van der Waals surface area contributed by atoms with Gasteiger partial charge in [-0.25, -0.2) is 0 Å². The summed E-state index contributed by atoms with van der Waals surface area (Å²) in [7, 11) is 0. The molecule has 6 nitrogen and oxygen atoms in total. The molecular formula is C19H37N5O. The summed E-state index contributed by atoms with van der Waals surface area (Å²) in [6.07, 6.45) is 4.77. The molecule has 1 amide bonds. The fourth-order valence-electron chi connectivity index (χ4n) is 3.76.